The van der Waals surface area contributed by atoms with Crippen molar-refractivity contribution in [3.8, 4) is 11.1 Å². The fraction of sp³-hybridized carbons (Fsp3) is 0.440. The number of nitrogens with one attached hydrogen (secondary N) is 1. The molecule has 1 saturated heterocycles. The largest absolute Gasteiger partial charge is 0.444 e. The zero-order valence-electron chi connectivity index (χ0n) is 18.4. The van der Waals surface area contributed by atoms with E-state index in [0.29, 0.717) is 19.5 Å². The molecule has 2 aliphatic rings. The molecule has 4 rings (SSSR count). The number of amides is 2. The van der Waals surface area contributed by atoms with Crippen LogP contribution in [0.15, 0.2) is 48.5 Å². The monoisotopic (exact) mass is 421 g/mol. The lowest BCUT2D eigenvalue weighted by Crippen LogP contribution is -2.54. The lowest BCUT2D eigenvalue weighted by Gasteiger charge is -2.38. The quantitative estimate of drug-likeness (QED) is 0.791. The molecule has 0 spiro atoms. The molecule has 2 aromatic rings. The fourth-order valence-corrected chi connectivity index (χ4v) is 4.84. The Morgan fingerprint density at radius 3 is 2.16 bits per heavy atom. The van der Waals surface area contributed by atoms with E-state index in [2.05, 4.69) is 58.7 Å². The van der Waals surface area contributed by atoms with Gasteiger partial charge in [-0.15, -0.1) is 0 Å². The van der Waals surface area contributed by atoms with Crippen molar-refractivity contribution < 1.29 is 14.3 Å². The molecule has 6 nitrogen and oxygen atoms in total. The molecule has 1 heterocycles. The number of fused-ring (bicyclic) bond motifs is 3. The van der Waals surface area contributed by atoms with E-state index in [1.165, 1.54) is 22.3 Å². The van der Waals surface area contributed by atoms with Gasteiger partial charge in [0.1, 0.15) is 5.60 Å². The maximum Gasteiger partial charge on any atom is 0.407 e. The molecule has 0 saturated carbocycles. The first-order chi connectivity index (χ1) is 14.7. The predicted octanol–water partition coefficient (Wildman–Crippen LogP) is 3.50. The Balaban J connectivity index is 1.53. The first-order valence-corrected chi connectivity index (χ1v) is 10.9. The molecule has 0 bridgehead atoms. The number of nitrogens with two attached hydrogens (primary N) is 1. The van der Waals surface area contributed by atoms with Crippen LogP contribution in [0.4, 0.5) is 4.79 Å². The number of carbonyl (C=O) groups is 2. The average molecular weight is 422 g/mol. The van der Waals surface area contributed by atoms with Crippen molar-refractivity contribution in [3.05, 3.63) is 59.7 Å². The summed E-state index contributed by atoms with van der Waals surface area (Å²) in [7, 11) is 0. The van der Waals surface area contributed by atoms with Gasteiger partial charge < -0.3 is 15.8 Å². The van der Waals surface area contributed by atoms with Crippen LogP contribution in [0.3, 0.4) is 0 Å². The predicted molar refractivity (Wildman–Crippen MR) is 121 cm³/mol. The van der Waals surface area contributed by atoms with Crippen LogP contribution < -0.4 is 11.1 Å². The van der Waals surface area contributed by atoms with Crippen LogP contribution in [0, 0.1) is 5.92 Å². The van der Waals surface area contributed by atoms with Gasteiger partial charge in [-0.1, -0.05) is 48.5 Å². The van der Waals surface area contributed by atoms with Crippen molar-refractivity contribution in [1.29, 1.82) is 0 Å². The third kappa shape index (κ3) is 4.74. The number of benzene rings is 2. The van der Waals surface area contributed by atoms with Gasteiger partial charge in [0.2, 0.25) is 5.91 Å². The maximum atomic E-state index is 12.3. The molecule has 31 heavy (non-hydrogen) atoms. The van der Waals surface area contributed by atoms with Gasteiger partial charge >= 0.3 is 6.09 Å². The van der Waals surface area contributed by atoms with Gasteiger partial charge in [-0.05, 0) is 49.4 Å². The van der Waals surface area contributed by atoms with Crippen LogP contribution in [-0.2, 0) is 9.53 Å². The van der Waals surface area contributed by atoms with E-state index in [1.807, 2.05) is 20.8 Å². The zero-order valence-corrected chi connectivity index (χ0v) is 18.4. The number of carbonyl (C=O) groups excluding carboxylic acids is 2. The summed E-state index contributed by atoms with van der Waals surface area (Å²) >= 11 is 0. The first kappa shape index (κ1) is 21.4. The number of likely N-dealkylation sites (tertiary alicyclic amines) is 1. The molecule has 1 fully saturated rings. The molecule has 1 aliphatic heterocycles. The van der Waals surface area contributed by atoms with Crippen LogP contribution in [0.5, 0.6) is 0 Å². The summed E-state index contributed by atoms with van der Waals surface area (Å²) in [6.45, 7) is 7.53. The van der Waals surface area contributed by atoms with E-state index in [0.717, 1.165) is 6.54 Å². The molecule has 2 amide bonds. The summed E-state index contributed by atoms with van der Waals surface area (Å²) in [5, 5.41) is 2.94. The second kappa shape index (κ2) is 8.35. The Bertz CT molecular complexity index is 936. The van der Waals surface area contributed by atoms with Gasteiger partial charge in [0.25, 0.3) is 0 Å². The summed E-state index contributed by atoms with van der Waals surface area (Å²) in [6, 6.07) is 16.8. The lowest BCUT2D eigenvalue weighted by atomic mass is 9.90. The number of hydrogen-bond donors (Lipinski definition) is 2. The van der Waals surface area contributed by atoms with E-state index >= 15 is 0 Å². The SMILES string of the molecule is CC(C)(C)OC(=O)NC1CC(C(N)=O)CN(CC2c3ccccc3-c3ccccc32)C1. The van der Waals surface area contributed by atoms with Crippen LogP contribution in [-0.4, -0.2) is 48.2 Å². The molecule has 0 aromatic heterocycles. The molecule has 0 radical (unpaired) electrons. The number of hydrogen-bond acceptors (Lipinski definition) is 4. The minimum absolute atomic E-state index is 0.187. The average Bonchev–Trinajstić information content (AvgIpc) is 3.00. The van der Waals surface area contributed by atoms with Gasteiger partial charge in [-0.3, -0.25) is 9.69 Å². The summed E-state index contributed by atoms with van der Waals surface area (Å²) in [5.74, 6) is -0.408. The number of alkyl carbamates (subject to hydrolysis) is 1. The minimum Gasteiger partial charge on any atom is -0.444 e. The molecule has 2 unspecified atom stereocenters. The van der Waals surface area contributed by atoms with E-state index in [1.54, 1.807) is 0 Å². The van der Waals surface area contributed by atoms with Gasteiger partial charge in [0.15, 0.2) is 0 Å². The minimum atomic E-state index is -0.571. The number of nitrogens with zero attached hydrogens (tertiary/aromatic N) is 1. The lowest BCUT2D eigenvalue weighted by molar-refractivity contribution is -0.123. The molecular formula is C25H31N3O3. The highest BCUT2D eigenvalue weighted by Crippen LogP contribution is 2.45. The van der Waals surface area contributed by atoms with E-state index < -0.39 is 11.7 Å². The van der Waals surface area contributed by atoms with Crippen molar-refractivity contribution in [2.24, 2.45) is 11.7 Å². The number of primary amides is 1. The maximum absolute atomic E-state index is 12.3. The normalized spacial score (nSPS) is 21.3. The molecular weight excluding hydrogens is 390 g/mol. The molecule has 164 valence electrons. The molecule has 1 aliphatic carbocycles. The highest BCUT2D eigenvalue weighted by Gasteiger charge is 2.36. The Morgan fingerprint density at radius 1 is 1.03 bits per heavy atom. The smallest absolute Gasteiger partial charge is 0.407 e. The Hall–Kier alpha value is -2.86. The highest BCUT2D eigenvalue weighted by molar-refractivity contribution is 5.79. The zero-order chi connectivity index (χ0) is 22.2. The third-order valence-corrected chi connectivity index (χ3v) is 6.05. The Morgan fingerprint density at radius 2 is 1.61 bits per heavy atom. The van der Waals surface area contributed by atoms with Gasteiger partial charge in [0.05, 0.1) is 5.92 Å². The van der Waals surface area contributed by atoms with Crippen molar-refractivity contribution in [2.75, 3.05) is 19.6 Å². The molecule has 2 aromatic carbocycles. The molecule has 6 heteroatoms. The van der Waals surface area contributed by atoms with Crippen LogP contribution in [0.25, 0.3) is 11.1 Å². The van der Waals surface area contributed by atoms with E-state index in [4.69, 9.17) is 10.5 Å². The Kier molecular flexibility index (Phi) is 5.75. The van der Waals surface area contributed by atoms with Crippen molar-refractivity contribution >= 4 is 12.0 Å². The highest BCUT2D eigenvalue weighted by atomic mass is 16.6. The van der Waals surface area contributed by atoms with Crippen LogP contribution in [0.2, 0.25) is 0 Å². The summed E-state index contributed by atoms with van der Waals surface area (Å²) in [4.78, 5) is 26.6. The summed E-state index contributed by atoms with van der Waals surface area (Å²) in [6.07, 6.45) is 0.0715. The molecule has 3 N–H and O–H groups in total. The Labute approximate surface area is 183 Å². The van der Waals surface area contributed by atoms with Gasteiger partial charge in [0, 0.05) is 31.6 Å². The van der Waals surface area contributed by atoms with Crippen LogP contribution >= 0.6 is 0 Å². The topological polar surface area (TPSA) is 84.7 Å². The number of rotatable bonds is 4. The third-order valence-electron chi connectivity index (χ3n) is 6.05. The van der Waals surface area contributed by atoms with E-state index in [-0.39, 0.29) is 23.8 Å². The second-order valence-electron chi connectivity index (χ2n) is 9.62. The van der Waals surface area contributed by atoms with E-state index in [9.17, 15) is 9.59 Å². The van der Waals surface area contributed by atoms with Crippen LogP contribution in [0.1, 0.15) is 44.2 Å². The standard InChI is InChI=1S/C25H31N3O3/c1-25(2,3)31-24(30)27-17-12-16(23(26)29)13-28(14-17)15-22-20-10-6-4-8-18(20)19-9-5-7-11-21(19)22/h4-11,16-17,22H,12-15H2,1-3H3,(H2,26,29)(H,27,30). The second-order valence-corrected chi connectivity index (χ2v) is 9.62. The van der Waals surface area contributed by atoms with Crippen molar-refractivity contribution in [1.82, 2.24) is 10.2 Å². The number of piperidine rings is 1. The fourth-order valence-electron chi connectivity index (χ4n) is 4.84. The van der Waals surface area contributed by atoms with Gasteiger partial charge in [-0.2, -0.15) is 0 Å². The molecule has 2 atom stereocenters. The van der Waals surface area contributed by atoms with Gasteiger partial charge in [-0.25, -0.2) is 4.79 Å². The van der Waals surface area contributed by atoms with Crippen molar-refractivity contribution in [3.63, 3.8) is 0 Å². The summed E-state index contributed by atoms with van der Waals surface area (Å²) < 4.78 is 5.41. The van der Waals surface area contributed by atoms with Crippen molar-refractivity contribution in [2.45, 2.75) is 44.8 Å². The summed E-state index contributed by atoms with van der Waals surface area (Å²) in [5.41, 5.74) is 10.3. The number of ether oxygens (including phenoxy) is 1. The first-order valence-electron chi connectivity index (χ1n) is 10.9.